The van der Waals surface area contributed by atoms with E-state index >= 15 is 0 Å². The van der Waals surface area contributed by atoms with Crippen molar-refractivity contribution < 1.29 is 4.74 Å². The molecule has 0 radical (unpaired) electrons. The van der Waals surface area contributed by atoms with Gasteiger partial charge >= 0.3 is 0 Å². The molecule has 0 N–H and O–H groups in total. The van der Waals surface area contributed by atoms with Crippen molar-refractivity contribution >= 4 is 17.3 Å². The Labute approximate surface area is 156 Å². The quantitative estimate of drug-likeness (QED) is 0.658. The van der Waals surface area contributed by atoms with Crippen molar-refractivity contribution in [2.24, 2.45) is 0 Å². The standard InChI is InChI=1S/C21H27ClN2O/c1-2-3-15-25-21-9-7-18(8-10-21)17-23-11-13-24(14-12-23)20-6-4-5-19(22)16-20/h4-10,16H,2-3,11-15,17H2,1H3. The Balaban J connectivity index is 1.47. The lowest BCUT2D eigenvalue weighted by Crippen LogP contribution is -2.45. The van der Waals surface area contributed by atoms with Crippen molar-refractivity contribution in [3.63, 3.8) is 0 Å². The van der Waals surface area contributed by atoms with Gasteiger partial charge in [-0.15, -0.1) is 0 Å². The Hall–Kier alpha value is -1.71. The molecule has 0 aliphatic carbocycles. The van der Waals surface area contributed by atoms with Crippen LogP contribution >= 0.6 is 11.6 Å². The summed E-state index contributed by atoms with van der Waals surface area (Å²) in [6.07, 6.45) is 2.28. The van der Waals surface area contributed by atoms with E-state index in [-0.39, 0.29) is 0 Å². The molecule has 0 spiro atoms. The molecule has 0 bridgehead atoms. The first-order chi connectivity index (χ1) is 12.2. The molecule has 1 heterocycles. The summed E-state index contributed by atoms with van der Waals surface area (Å²) in [5.74, 6) is 0.975. The Kier molecular flexibility index (Phi) is 6.60. The second kappa shape index (κ2) is 9.12. The van der Waals surface area contributed by atoms with Crippen LogP contribution in [0.4, 0.5) is 5.69 Å². The van der Waals surface area contributed by atoms with Crippen LogP contribution in [0.3, 0.4) is 0 Å². The maximum Gasteiger partial charge on any atom is 0.119 e. The maximum absolute atomic E-state index is 6.11. The van der Waals surface area contributed by atoms with Crippen LogP contribution < -0.4 is 9.64 Å². The van der Waals surface area contributed by atoms with Crippen molar-refractivity contribution in [1.82, 2.24) is 4.90 Å². The summed E-state index contributed by atoms with van der Waals surface area (Å²) in [6, 6.07) is 16.7. The van der Waals surface area contributed by atoms with E-state index in [0.717, 1.165) is 56.5 Å². The lowest BCUT2D eigenvalue weighted by molar-refractivity contribution is 0.249. The fourth-order valence-corrected chi connectivity index (χ4v) is 3.31. The number of halogens is 1. The number of nitrogens with zero attached hydrogens (tertiary/aromatic N) is 2. The molecule has 0 unspecified atom stereocenters. The Morgan fingerprint density at radius 2 is 1.76 bits per heavy atom. The molecular weight excluding hydrogens is 332 g/mol. The van der Waals surface area contributed by atoms with Gasteiger partial charge in [-0.1, -0.05) is 43.1 Å². The minimum absolute atomic E-state index is 0.807. The van der Waals surface area contributed by atoms with Gasteiger partial charge in [0.1, 0.15) is 5.75 Å². The van der Waals surface area contributed by atoms with Crippen molar-refractivity contribution in [2.45, 2.75) is 26.3 Å². The van der Waals surface area contributed by atoms with Gasteiger partial charge in [0, 0.05) is 43.4 Å². The number of hydrogen-bond acceptors (Lipinski definition) is 3. The van der Waals surface area contributed by atoms with Gasteiger partial charge in [0.2, 0.25) is 0 Å². The van der Waals surface area contributed by atoms with Gasteiger partial charge < -0.3 is 9.64 Å². The molecule has 1 aliphatic heterocycles. The molecule has 25 heavy (non-hydrogen) atoms. The zero-order chi connectivity index (χ0) is 17.5. The molecule has 2 aromatic rings. The molecular formula is C21H27ClN2O. The summed E-state index contributed by atoms with van der Waals surface area (Å²) in [6.45, 7) is 8.21. The van der Waals surface area contributed by atoms with Gasteiger partial charge in [-0.3, -0.25) is 4.90 Å². The molecule has 0 saturated carbocycles. The van der Waals surface area contributed by atoms with E-state index in [1.807, 2.05) is 12.1 Å². The molecule has 3 rings (SSSR count). The van der Waals surface area contributed by atoms with Gasteiger partial charge in [0.15, 0.2) is 0 Å². The van der Waals surface area contributed by atoms with Crippen molar-refractivity contribution in [2.75, 3.05) is 37.7 Å². The van der Waals surface area contributed by atoms with Crippen molar-refractivity contribution in [1.29, 1.82) is 0 Å². The van der Waals surface area contributed by atoms with E-state index < -0.39 is 0 Å². The minimum atomic E-state index is 0.807. The second-order valence-electron chi connectivity index (χ2n) is 6.59. The zero-order valence-corrected chi connectivity index (χ0v) is 15.7. The number of piperazine rings is 1. The number of ether oxygens (including phenoxy) is 1. The highest BCUT2D eigenvalue weighted by Gasteiger charge is 2.17. The third-order valence-electron chi connectivity index (χ3n) is 4.64. The topological polar surface area (TPSA) is 15.7 Å². The van der Waals surface area contributed by atoms with Crippen LogP contribution in [0.1, 0.15) is 25.3 Å². The van der Waals surface area contributed by atoms with Crippen LogP contribution in [-0.4, -0.2) is 37.7 Å². The Bertz CT molecular complexity index is 651. The first-order valence-electron chi connectivity index (χ1n) is 9.19. The van der Waals surface area contributed by atoms with Gasteiger partial charge in [-0.2, -0.15) is 0 Å². The van der Waals surface area contributed by atoms with Crippen molar-refractivity contribution in [3.05, 3.63) is 59.1 Å². The third kappa shape index (κ3) is 5.38. The Morgan fingerprint density at radius 1 is 1.00 bits per heavy atom. The summed E-state index contributed by atoms with van der Waals surface area (Å²) in [4.78, 5) is 4.92. The number of unbranched alkanes of at least 4 members (excludes halogenated alkanes) is 1. The zero-order valence-electron chi connectivity index (χ0n) is 15.0. The highest BCUT2D eigenvalue weighted by molar-refractivity contribution is 6.30. The number of benzene rings is 2. The van der Waals surface area contributed by atoms with Gasteiger partial charge in [-0.25, -0.2) is 0 Å². The van der Waals surface area contributed by atoms with Gasteiger partial charge in [0.25, 0.3) is 0 Å². The average Bonchev–Trinajstić information content (AvgIpc) is 2.64. The van der Waals surface area contributed by atoms with Crippen LogP contribution in [0, 0.1) is 0 Å². The number of rotatable bonds is 7. The average molecular weight is 359 g/mol. The molecule has 1 saturated heterocycles. The number of anilines is 1. The molecule has 1 aliphatic rings. The SMILES string of the molecule is CCCCOc1ccc(CN2CCN(c3cccc(Cl)c3)CC2)cc1. The van der Waals surface area contributed by atoms with E-state index in [0.29, 0.717) is 0 Å². The molecule has 0 amide bonds. The first-order valence-corrected chi connectivity index (χ1v) is 9.57. The van der Waals surface area contributed by atoms with E-state index in [1.54, 1.807) is 0 Å². The van der Waals surface area contributed by atoms with Crippen LogP contribution in [-0.2, 0) is 6.54 Å². The fraction of sp³-hybridized carbons (Fsp3) is 0.429. The predicted molar refractivity (Wildman–Crippen MR) is 106 cm³/mol. The third-order valence-corrected chi connectivity index (χ3v) is 4.88. The van der Waals surface area contributed by atoms with Crippen LogP contribution in [0.15, 0.2) is 48.5 Å². The molecule has 1 fully saturated rings. The van der Waals surface area contributed by atoms with E-state index in [4.69, 9.17) is 16.3 Å². The molecule has 134 valence electrons. The van der Waals surface area contributed by atoms with E-state index in [2.05, 4.69) is 53.1 Å². The van der Waals surface area contributed by atoms with Gasteiger partial charge in [0.05, 0.1) is 6.61 Å². The van der Waals surface area contributed by atoms with Crippen LogP contribution in [0.2, 0.25) is 5.02 Å². The molecule has 2 aromatic carbocycles. The Morgan fingerprint density at radius 3 is 2.44 bits per heavy atom. The minimum Gasteiger partial charge on any atom is -0.494 e. The fourth-order valence-electron chi connectivity index (χ4n) is 3.12. The smallest absolute Gasteiger partial charge is 0.119 e. The first kappa shape index (κ1) is 18.1. The van der Waals surface area contributed by atoms with Gasteiger partial charge in [-0.05, 0) is 42.3 Å². The monoisotopic (exact) mass is 358 g/mol. The molecule has 3 nitrogen and oxygen atoms in total. The summed E-state index contributed by atoms with van der Waals surface area (Å²) in [5, 5.41) is 0.807. The highest BCUT2D eigenvalue weighted by atomic mass is 35.5. The largest absolute Gasteiger partial charge is 0.494 e. The second-order valence-corrected chi connectivity index (χ2v) is 7.03. The molecule has 4 heteroatoms. The van der Waals surface area contributed by atoms with Crippen LogP contribution in [0.25, 0.3) is 0 Å². The number of hydrogen-bond donors (Lipinski definition) is 0. The summed E-state index contributed by atoms with van der Waals surface area (Å²) < 4.78 is 5.73. The predicted octanol–water partition coefficient (Wildman–Crippen LogP) is 4.84. The normalized spacial score (nSPS) is 15.4. The lowest BCUT2D eigenvalue weighted by atomic mass is 10.2. The molecule has 0 aromatic heterocycles. The highest BCUT2D eigenvalue weighted by Crippen LogP contribution is 2.21. The molecule has 0 atom stereocenters. The lowest BCUT2D eigenvalue weighted by Gasteiger charge is -2.36. The van der Waals surface area contributed by atoms with E-state index in [1.165, 1.54) is 17.7 Å². The summed E-state index contributed by atoms with van der Waals surface area (Å²) in [5.41, 5.74) is 2.57. The van der Waals surface area contributed by atoms with E-state index in [9.17, 15) is 0 Å². The summed E-state index contributed by atoms with van der Waals surface area (Å²) in [7, 11) is 0. The van der Waals surface area contributed by atoms with Crippen molar-refractivity contribution in [3.8, 4) is 5.75 Å². The summed E-state index contributed by atoms with van der Waals surface area (Å²) >= 11 is 6.11. The maximum atomic E-state index is 6.11. The van der Waals surface area contributed by atoms with Crippen LogP contribution in [0.5, 0.6) is 5.75 Å².